The van der Waals surface area contributed by atoms with Crippen molar-refractivity contribution < 1.29 is 4.39 Å². The normalized spacial score (nSPS) is 17.7. The molecule has 2 nitrogen and oxygen atoms in total. The van der Waals surface area contributed by atoms with Gasteiger partial charge in [-0.05, 0) is 44.2 Å². The van der Waals surface area contributed by atoms with E-state index in [1.807, 2.05) is 6.07 Å². The molecule has 2 aromatic rings. The number of alkyl halides is 1. The smallest absolute Gasteiger partial charge is 0.128 e. The second-order valence-corrected chi connectivity index (χ2v) is 5.82. The van der Waals surface area contributed by atoms with E-state index in [0.29, 0.717) is 28.9 Å². The molecule has 1 aromatic carbocycles. The second kappa shape index (κ2) is 4.78. The fourth-order valence-electron chi connectivity index (χ4n) is 2.95. The molecule has 0 N–H and O–H groups in total. The highest BCUT2D eigenvalue weighted by atomic mass is 35.5. The number of hydrogen-bond acceptors (Lipinski definition) is 1. The Kier molecular flexibility index (Phi) is 3.25. The van der Waals surface area contributed by atoms with Crippen molar-refractivity contribution in [2.24, 2.45) is 5.92 Å². The second-order valence-electron chi connectivity index (χ2n) is 5.55. The van der Waals surface area contributed by atoms with Gasteiger partial charge in [0.05, 0.1) is 16.9 Å². The highest BCUT2D eigenvalue weighted by Gasteiger charge is 2.28. The number of nitrogens with zero attached hydrogens (tertiary/aromatic N) is 2. The predicted molar refractivity (Wildman–Crippen MR) is 76.0 cm³/mol. The molecule has 1 heterocycles. The molecule has 0 amide bonds. The third-order valence-electron chi connectivity index (χ3n) is 4.40. The summed E-state index contributed by atoms with van der Waals surface area (Å²) in [4.78, 5) is 4.49. The van der Waals surface area contributed by atoms with Crippen molar-refractivity contribution in [1.29, 1.82) is 0 Å². The van der Waals surface area contributed by atoms with Gasteiger partial charge in [0.1, 0.15) is 11.6 Å². The van der Waals surface area contributed by atoms with Crippen molar-refractivity contribution in [3.8, 4) is 0 Å². The third kappa shape index (κ3) is 2.04. The SMILES string of the molecule is Cc1cc2c(cc1F)nc(CCl)n2C(C)C1CCC1. The zero-order valence-electron chi connectivity index (χ0n) is 11.3. The molecule has 19 heavy (non-hydrogen) atoms. The van der Waals surface area contributed by atoms with Crippen LogP contribution in [0.25, 0.3) is 11.0 Å². The van der Waals surface area contributed by atoms with Crippen molar-refractivity contribution in [2.45, 2.75) is 45.0 Å². The van der Waals surface area contributed by atoms with Gasteiger partial charge < -0.3 is 4.57 Å². The molecule has 0 aliphatic heterocycles. The monoisotopic (exact) mass is 280 g/mol. The first-order chi connectivity index (χ1) is 9.11. The number of benzene rings is 1. The minimum atomic E-state index is -0.199. The van der Waals surface area contributed by atoms with Crippen LogP contribution in [-0.2, 0) is 5.88 Å². The van der Waals surface area contributed by atoms with Crippen molar-refractivity contribution in [2.75, 3.05) is 0 Å². The van der Waals surface area contributed by atoms with Gasteiger partial charge in [-0.15, -0.1) is 11.6 Å². The third-order valence-corrected chi connectivity index (χ3v) is 4.64. The fourth-order valence-corrected chi connectivity index (χ4v) is 3.14. The Morgan fingerprint density at radius 2 is 2.21 bits per heavy atom. The lowest BCUT2D eigenvalue weighted by Crippen LogP contribution is -2.24. The number of fused-ring (bicyclic) bond motifs is 1. The maximum absolute atomic E-state index is 13.6. The Balaban J connectivity index is 2.16. The minimum absolute atomic E-state index is 0.199. The molecular weight excluding hydrogens is 263 g/mol. The first-order valence-corrected chi connectivity index (χ1v) is 7.38. The summed E-state index contributed by atoms with van der Waals surface area (Å²) in [7, 11) is 0. The minimum Gasteiger partial charge on any atom is -0.324 e. The van der Waals surface area contributed by atoms with Crippen LogP contribution in [0.15, 0.2) is 12.1 Å². The largest absolute Gasteiger partial charge is 0.324 e. The molecule has 1 aliphatic carbocycles. The predicted octanol–water partition coefficient (Wildman–Crippen LogP) is 4.58. The van der Waals surface area contributed by atoms with Gasteiger partial charge in [0.15, 0.2) is 0 Å². The van der Waals surface area contributed by atoms with Gasteiger partial charge in [0.25, 0.3) is 0 Å². The highest BCUT2D eigenvalue weighted by molar-refractivity contribution is 6.16. The summed E-state index contributed by atoms with van der Waals surface area (Å²) >= 11 is 6.02. The van der Waals surface area contributed by atoms with Crippen LogP contribution in [0, 0.1) is 18.7 Å². The molecule has 1 atom stereocenters. The molecule has 102 valence electrons. The average molecular weight is 281 g/mol. The van der Waals surface area contributed by atoms with E-state index in [1.54, 1.807) is 6.92 Å². The maximum atomic E-state index is 13.6. The van der Waals surface area contributed by atoms with Crippen molar-refractivity contribution in [3.63, 3.8) is 0 Å². The Morgan fingerprint density at radius 1 is 1.47 bits per heavy atom. The van der Waals surface area contributed by atoms with Gasteiger partial charge >= 0.3 is 0 Å². The van der Waals surface area contributed by atoms with Gasteiger partial charge in [-0.3, -0.25) is 0 Å². The molecule has 1 aliphatic rings. The molecule has 0 spiro atoms. The van der Waals surface area contributed by atoms with Gasteiger partial charge in [-0.1, -0.05) is 6.42 Å². The van der Waals surface area contributed by atoms with Gasteiger partial charge in [0.2, 0.25) is 0 Å². The van der Waals surface area contributed by atoms with Crippen LogP contribution in [0.5, 0.6) is 0 Å². The van der Waals surface area contributed by atoms with Crippen LogP contribution in [-0.4, -0.2) is 9.55 Å². The van der Waals surface area contributed by atoms with E-state index in [4.69, 9.17) is 11.6 Å². The Hall–Kier alpha value is -1.09. The standard InChI is InChI=1S/C15H18ClFN2/c1-9-6-14-13(7-12(9)17)18-15(8-16)19(14)10(2)11-4-3-5-11/h6-7,10-11H,3-5,8H2,1-2H3. The van der Waals surface area contributed by atoms with E-state index in [0.717, 1.165) is 11.3 Å². The molecule has 4 heteroatoms. The summed E-state index contributed by atoms with van der Waals surface area (Å²) in [6.45, 7) is 4.01. The number of halogens is 2. The number of aromatic nitrogens is 2. The summed E-state index contributed by atoms with van der Waals surface area (Å²) in [6.07, 6.45) is 3.84. The summed E-state index contributed by atoms with van der Waals surface area (Å²) in [5.74, 6) is 1.72. The van der Waals surface area contributed by atoms with Crippen molar-refractivity contribution >= 4 is 22.6 Å². The number of imidazole rings is 1. The van der Waals surface area contributed by atoms with Crippen LogP contribution in [0.4, 0.5) is 4.39 Å². The van der Waals surface area contributed by atoms with Crippen LogP contribution in [0.2, 0.25) is 0 Å². The van der Waals surface area contributed by atoms with Crippen molar-refractivity contribution in [1.82, 2.24) is 9.55 Å². The molecule has 3 rings (SSSR count). The van der Waals surface area contributed by atoms with Crippen LogP contribution in [0.3, 0.4) is 0 Å². The van der Waals surface area contributed by atoms with E-state index >= 15 is 0 Å². The first-order valence-electron chi connectivity index (χ1n) is 6.84. The summed E-state index contributed by atoms with van der Waals surface area (Å²) < 4.78 is 15.9. The van der Waals surface area contributed by atoms with Gasteiger partial charge in [-0.25, -0.2) is 9.37 Å². The average Bonchev–Trinajstić information content (AvgIpc) is 2.65. The molecule has 0 saturated heterocycles. The molecular formula is C15H18ClFN2. The van der Waals surface area contributed by atoms with Crippen molar-refractivity contribution in [3.05, 3.63) is 29.3 Å². The quantitative estimate of drug-likeness (QED) is 0.752. The fraction of sp³-hybridized carbons (Fsp3) is 0.533. The van der Waals surface area contributed by atoms with E-state index in [2.05, 4.69) is 16.5 Å². The summed E-state index contributed by atoms with van der Waals surface area (Å²) in [5.41, 5.74) is 2.38. The van der Waals surface area contributed by atoms with Crippen LogP contribution >= 0.6 is 11.6 Å². The Bertz CT molecular complexity index is 616. The lowest BCUT2D eigenvalue weighted by Gasteiger charge is -2.33. The molecule has 1 saturated carbocycles. The molecule has 0 bridgehead atoms. The molecule has 0 radical (unpaired) electrons. The lowest BCUT2D eigenvalue weighted by molar-refractivity contribution is 0.223. The number of rotatable bonds is 3. The Morgan fingerprint density at radius 3 is 2.79 bits per heavy atom. The number of aryl methyl sites for hydroxylation is 1. The van der Waals surface area contributed by atoms with E-state index in [9.17, 15) is 4.39 Å². The van der Waals surface area contributed by atoms with Gasteiger partial charge in [0, 0.05) is 12.1 Å². The molecule has 1 unspecified atom stereocenters. The molecule has 1 fully saturated rings. The summed E-state index contributed by atoms with van der Waals surface area (Å²) in [5, 5.41) is 0. The zero-order chi connectivity index (χ0) is 13.6. The zero-order valence-corrected chi connectivity index (χ0v) is 12.0. The van der Waals surface area contributed by atoms with E-state index in [1.165, 1.54) is 25.3 Å². The first kappa shape index (κ1) is 12.9. The maximum Gasteiger partial charge on any atom is 0.128 e. The molecule has 1 aromatic heterocycles. The lowest BCUT2D eigenvalue weighted by atomic mass is 9.80. The van der Waals surface area contributed by atoms with Crippen LogP contribution < -0.4 is 0 Å². The highest BCUT2D eigenvalue weighted by Crippen LogP contribution is 2.38. The van der Waals surface area contributed by atoms with Gasteiger partial charge in [-0.2, -0.15) is 0 Å². The van der Waals surface area contributed by atoms with Crippen LogP contribution in [0.1, 0.15) is 43.6 Å². The van der Waals surface area contributed by atoms with E-state index in [-0.39, 0.29) is 5.82 Å². The Labute approximate surface area is 117 Å². The topological polar surface area (TPSA) is 17.8 Å². The number of hydrogen-bond donors (Lipinski definition) is 0. The summed E-state index contributed by atoms with van der Waals surface area (Å²) in [6, 6.07) is 3.80. The van der Waals surface area contributed by atoms with E-state index < -0.39 is 0 Å².